The van der Waals surface area contributed by atoms with Crippen LogP contribution in [0, 0.1) is 12.8 Å². The first-order valence-corrected chi connectivity index (χ1v) is 13.7. The molecule has 1 saturated carbocycles. The topological polar surface area (TPSA) is 99.6 Å². The number of nitrogens with zero attached hydrogens (tertiary/aromatic N) is 3. The number of aryl methyl sites for hydroxylation is 1. The zero-order chi connectivity index (χ0) is 27.7. The Morgan fingerprint density at radius 1 is 1.18 bits per heavy atom. The lowest BCUT2D eigenvalue weighted by molar-refractivity contribution is -0.147. The summed E-state index contributed by atoms with van der Waals surface area (Å²) in [6.07, 6.45) is 2.55. The van der Waals surface area contributed by atoms with E-state index in [0.717, 1.165) is 35.7 Å². The standard InChI is InChI=1S/C30H37N3O6/c1-19-14-21(4-6-26(19)39-13-11-32-28(34)8-10-31(3)30(32)37)18-33(25-16-24(17-25)29(35)36)20(2)22-5-7-27-23(15-22)9-12-38-27/h4-7,14-15,20,24-25H,8-13,16-18H2,1-3H3,(H,35,36). The maximum Gasteiger partial charge on any atom is 0.326 e. The van der Waals surface area contributed by atoms with Crippen molar-refractivity contribution in [3.05, 3.63) is 58.7 Å². The number of urea groups is 1. The van der Waals surface area contributed by atoms with Crippen LogP contribution < -0.4 is 9.47 Å². The van der Waals surface area contributed by atoms with Gasteiger partial charge in [-0.2, -0.15) is 0 Å². The normalized spacial score (nSPS) is 21.4. The zero-order valence-corrected chi connectivity index (χ0v) is 22.9. The fourth-order valence-electron chi connectivity index (χ4n) is 5.76. The van der Waals surface area contributed by atoms with Crippen molar-refractivity contribution in [2.24, 2.45) is 5.92 Å². The summed E-state index contributed by atoms with van der Waals surface area (Å²) in [5, 5.41) is 9.46. The van der Waals surface area contributed by atoms with Crippen molar-refractivity contribution in [2.75, 3.05) is 33.4 Å². The SMILES string of the molecule is Cc1cc(CN(C2CC(C(=O)O)C2)C(C)c2ccc3c(c2)CCO3)ccc1OCCN1C(=O)CCN(C)C1=O. The van der Waals surface area contributed by atoms with Crippen LogP contribution in [-0.4, -0.2) is 77.1 Å². The van der Waals surface area contributed by atoms with Gasteiger partial charge in [0.25, 0.3) is 0 Å². The molecule has 2 heterocycles. The molecule has 2 aromatic carbocycles. The van der Waals surface area contributed by atoms with Crippen LogP contribution in [0.25, 0.3) is 0 Å². The van der Waals surface area contributed by atoms with Gasteiger partial charge in [-0.3, -0.25) is 19.4 Å². The van der Waals surface area contributed by atoms with Crippen LogP contribution in [0.5, 0.6) is 11.5 Å². The summed E-state index contributed by atoms with van der Waals surface area (Å²) in [6, 6.07) is 12.5. The second kappa shape index (κ2) is 11.3. The van der Waals surface area contributed by atoms with Crippen LogP contribution in [0.3, 0.4) is 0 Å². The number of carboxylic acid groups (broad SMARTS) is 1. The fourth-order valence-corrected chi connectivity index (χ4v) is 5.76. The number of ether oxygens (including phenoxy) is 2. The number of rotatable bonds is 10. The molecule has 2 fully saturated rings. The Morgan fingerprint density at radius 2 is 1.97 bits per heavy atom. The molecule has 0 bridgehead atoms. The maximum absolute atomic E-state index is 12.3. The quantitative estimate of drug-likeness (QED) is 0.491. The first-order valence-electron chi connectivity index (χ1n) is 13.7. The Kier molecular flexibility index (Phi) is 7.79. The molecule has 0 spiro atoms. The van der Waals surface area contributed by atoms with Gasteiger partial charge in [-0.25, -0.2) is 4.79 Å². The number of imide groups is 1. The lowest BCUT2D eigenvalue weighted by atomic mass is 9.78. The predicted octanol–water partition coefficient (Wildman–Crippen LogP) is 4.02. The van der Waals surface area contributed by atoms with Crippen molar-refractivity contribution < 1.29 is 29.0 Å². The van der Waals surface area contributed by atoms with E-state index in [9.17, 15) is 19.5 Å². The van der Waals surface area contributed by atoms with Gasteiger partial charge in [0, 0.05) is 45.1 Å². The largest absolute Gasteiger partial charge is 0.493 e. The smallest absolute Gasteiger partial charge is 0.326 e. The summed E-state index contributed by atoms with van der Waals surface area (Å²) in [4.78, 5) is 41.1. The van der Waals surface area contributed by atoms with Crippen molar-refractivity contribution in [3.8, 4) is 11.5 Å². The van der Waals surface area contributed by atoms with Gasteiger partial charge in [-0.15, -0.1) is 0 Å². The molecule has 2 aliphatic heterocycles. The van der Waals surface area contributed by atoms with E-state index in [1.165, 1.54) is 16.0 Å². The summed E-state index contributed by atoms with van der Waals surface area (Å²) in [6.45, 7) is 6.48. The maximum atomic E-state index is 12.3. The minimum absolute atomic E-state index is 0.115. The van der Waals surface area contributed by atoms with E-state index in [2.05, 4.69) is 30.0 Å². The molecule has 9 heteroatoms. The van der Waals surface area contributed by atoms with Crippen LogP contribution in [0.4, 0.5) is 4.79 Å². The van der Waals surface area contributed by atoms with Crippen molar-refractivity contribution in [2.45, 2.75) is 58.2 Å². The number of carbonyl (C=O) groups excluding carboxylic acids is 2. The average molecular weight is 536 g/mol. The Bertz CT molecular complexity index is 1260. The number of aliphatic carboxylic acids is 1. The van der Waals surface area contributed by atoms with Crippen LogP contribution in [0.2, 0.25) is 0 Å². The third-order valence-corrected chi connectivity index (χ3v) is 8.32. The Balaban J connectivity index is 1.26. The van der Waals surface area contributed by atoms with Gasteiger partial charge in [0.15, 0.2) is 0 Å². The van der Waals surface area contributed by atoms with Crippen LogP contribution in [0.1, 0.15) is 54.5 Å². The molecule has 0 aromatic heterocycles. The lowest BCUT2D eigenvalue weighted by Gasteiger charge is -2.44. The number of benzene rings is 2. The van der Waals surface area contributed by atoms with Crippen LogP contribution >= 0.6 is 0 Å². The monoisotopic (exact) mass is 535 g/mol. The molecule has 1 atom stereocenters. The van der Waals surface area contributed by atoms with Crippen molar-refractivity contribution in [1.29, 1.82) is 0 Å². The van der Waals surface area contributed by atoms with E-state index in [1.807, 2.05) is 25.1 Å². The van der Waals surface area contributed by atoms with Gasteiger partial charge in [0.1, 0.15) is 18.1 Å². The second-order valence-corrected chi connectivity index (χ2v) is 10.9. The third kappa shape index (κ3) is 5.73. The van der Waals surface area contributed by atoms with E-state index in [0.29, 0.717) is 32.4 Å². The molecule has 1 saturated heterocycles. The van der Waals surface area contributed by atoms with Gasteiger partial charge in [0.05, 0.1) is 19.1 Å². The number of carbonyl (C=O) groups is 3. The van der Waals surface area contributed by atoms with Crippen LogP contribution in [0.15, 0.2) is 36.4 Å². The number of hydrogen-bond acceptors (Lipinski definition) is 6. The number of amides is 3. The summed E-state index contributed by atoms with van der Waals surface area (Å²) in [5.74, 6) is 0.510. The van der Waals surface area contributed by atoms with Gasteiger partial charge in [0.2, 0.25) is 5.91 Å². The summed E-state index contributed by atoms with van der Waals surface area (Å²) in [7, 11) is 1.69. The Labute approximate surface area is 229 Å². The molecule has 1 N–H and O–H groups in total. The first-order chi connectivity index (χ1) is 18.7. The molecule has 3 aliphatic rings. The van der Waals surface area contributed by atoms with Gasteiger partial charge >= 0.3 is 12.0 Å². The molecule has 9 nitrogen and oxygen atoms in total. The van der Waals surface area contributed by atoms with E-state index in [-0.39, 0.29) is 43.1 Å². The van der Waals surface area contributed by atoms with Crippen molar-refractivity contribution >= 4 is 17.9 Å². The Hall–Kier alpha value is -3.59. The lowest BCUT2D eigenvalue weighted by Crippen LogP contribution is -2.51. The highest BCUT2D eigenvalue weighted by molar-refractivity contribution is 5.96. The summed E-state index contributed by atoms with van der Waals surface area (Å²) >= 11 is 0. The molecule has 3 amide bonds. The predicted molar refractivity (Wildman–Crippen MR) is 145 cm³/mol. The van der Waals surface area contributed by atoms with Gasteiger partial charge < -0.3 is 19.5 Å². The molecular formula is C30H37N3O6. The van der Waals surface area contributed by atoms with E-state index in [4.69, 9.17) is 9.47 Å². The fraction of sp³-hybridized carbons (Fsp3) is 0.500. The highest BCUT2D eigenvalue weighted by Crippen LogP contribution is 2.39. The molecule has 2 aromatic rings. The molecule has 39 heavy (non-hydrogen) atoms. The summed E-state index contributed by atoms with van der Waals surface area (Å²) < 4.78 is 11.6. The minimum Gasteiger partial charge on any atom is -0.493 e. The molecule has 0 radical (unpaired) electrons. The molecule has 5 rings (SSSR count). The van der Waals surface area contributed by atoms with Crippen molar-refractivity contribution in [1.82, 2.24) is 14.7 Å². The van der Waals surface area contributed by atoms with Crippen LogP contribution in [-0.2, 0) is 22.6 Å². The number of carboxylic acids is 1. The van der Waals surface area contributed by atoms with E-state index < -0.39 is 5.97 Å². The highest BCUT2D eigenvalue weighted by atomic mass is 16.5. The first kappa shape index (κ1) is 27.0. The average Bonchev–Trinajstić information content (AvgIpc) is 3.35. The number of hydrogen-bond donors (Lipinski definition) is 1. The van der Waals surface area contributed by atoms with E-state index >= 15 is 0 Å². The molecule has 1 aliphatic carbocycles. The highest BCUT2D eigenvalue weighted by Gasteiger charge is 2.40. The number of fused-ring (bicyclic) bond motifs is 1. The molecular weight excluding hydrogens is 498 g/mol. The molecule has 1 unspecified atom stereocenters. The van der Waals surface area contributed by atoms with Crippen molar-refractivity contribution in [3.63, 3.8) is 0 Å². The third-order valence-electron chi connectivity index (χ3n) is 8.32. The van der Waals surface area contributed by atoms with Gasteiger partial charge in [-0.05, 0) is 61.1 Å². The minimum atomic E-state index is -0.717. The zero-order valence-electron chi connectivity index (χ0n) is 22.9. The Morgan fingerprint density at radius 3 is 2.72 bits per heavy atom. The second-order valence-electron chi connectivity index (χ2n) is 10.9. The summed E-state index contributed by atoms with van der Waals surface area (Å²) in [5.41, 5.74) is 4.54. The van der Waals surface area contributed by atoms with Gasteiger partial charge in [-0.1, -0.05) is 24.3 Å². The molecule has 208 valence electrons. The van der Waals surface area contributed by atoms with E-state index in [1.54, 1.807) is 11.9 Å².